The van der Waals surface area contributed by atoms with Crippen LogP contribution in [0.5, 0.6) is 0 Å². The zero-order chi connectivity index (χ0) is 16.0. The molecule has 1 atom stereocenters. The number of likely N-dealkylation sites (N-methyl/N-ethyl adjacent to an activating group) is 1. The largest absolute Gasteiger partial charge is 0.357 e. The van der Waals surface area contributed by atoms with Crippen LogP contribution in [-0.4, -0.2) is 33.0 Å². The van der Waals surface area contributed by atoms with E-state index in [0.29, 0.717) is 17.0 Å². The van der Waals surface area contributed by atoms with Crippen molar-refractivity contribution in [2.24, 2.45) is 0 Å². The van der Waals surface area contributed by atoms with Crippen LogP contribution in [0.1, 0.15) is 23.4 Å². The van der Waals surface area contributed by atoms with E-state index in [1.165, 1.54) is 11.3 Å². The number of fused-ring (bicyclic) bond motifs is 3. The Hall–Kier alpha value is -2.14. The van der Waals surface area contributed by atoms with Gasteiger partial charge in [0.2, 0.25) is 5.95 Å². The van der Waals surface area contributed by atoms with Gasteiger partial charge in [0.15, 0.2) is 0 Å². The molecule has 0 aromatic carbocycles. The summed E-state index contributed by atoms with van der Waals surface area (Å²) in [5.41, 5.74) is 5.94. The number of pyridine rings is 1. The fraction of sp³-hybridized carbons (Fsp3) is 0.353. The van der Waals surface area contributed by atoms with Crippen molar-refractivity contribution >= 4 is 28.6 Å². The first-order chi connectivity index (χ1) is 11.1. The highest BCUT2D eigenvalue weighted by Gasteiger charge is 2.27. The van der Waals surface area contributed by atoms with E-state index in [1.807, 2.05) is 14.0 Å². The third-order valence-corrected chi connectivity index (χ3v) is 4.80. The van der Waals surface area contributed by atoms with E-state index in [-0.39, 0.29) is 0 Å². The zero-order valence-corrected chi connectivity index (χ0v) is 13.9. The van der Waals surface area contributed by atoms with Crippen LogP contribution in [0.25, 0.3) is 11.0 Å². The zero-order valence-electron chi connectivity index (χ0n) is 13.2. The number of nitrogens with one attached hydrogen (secondary N) is 1. The molecule has 118 valence electrons. The normalized spacial score (nSPS) is 17.3. The molecule has 1 N–H and O–H groups in total. The monoisotopic (exact) mass is 327 g/mol. The lowest BCUT2D eigenvalue weighted by Crippen LogP contribution is -2.37. The van der Waals surface area contributed by atoms with Gasteiger partial charge in [0.05, 0.1) is 28.4 Å². The van der Waals surface area contributed by atoms with Crippen LogP contribution in [0.4, 0.5) is 5.95 Å². The highest BCUT2D eigenvalue weighted by atomic mass is 35.5. The average Bonchev–Trinajstić information content (AvgIpc) is 2.92. The quantitative estimate of drug-likeness (QED) is 0.784. The lowest BCUT2D eigenvalue weighted by Gasteiger charge is -2.31. The van der Waals surface area contributed by atoms with E-state index in [1.54, 1.807) is 12.4 Å². The van der Waals surface area contributed by atoms with Gasteiger partial charge in [-0.05, 0) is 38.3 Å². The lowest BCUT2D eigenvalue weighted by atomic mass is 9.92. The molecule has 0 amide bonds. The van der Waals surface area contributed by atoms with Crippen LogP contribution in [0.2, 0.25) is 5.02 Å². The molecular formula is C17H18ClN5. The fourth-order valence-electron chi connectivity index (χ4n) is 3.33. The predicted molar refractivity (Wildman–Crippen MR) is 92.1 cm³/mol. The van der Waals surface area contributed by atoms with Gasteiger partial charge in [-0.3, -0.25) is 4.98 Å². The maximum atomic E-state index is 5.88. The molecule has 0 radical (unpaired) electrons. The lowest BCUT2D eigenvalue weighted by molar-refractivity contribution is 0.538. The third kappa shape index (κ3) is 2.55. The van der Waals surface area contributed by atoms with Crippen LogP contribution < -0.4 is 4.90 Å². The Morgan fingerprint density at radius 3 is 2.83 bits per heavy atom. The molecule has 4 rings (SSSR count). The summed E-state index contributed by atoms with van der Waals surface area (Å²) in [5.74, 6) is 0.715. The molecule has 0 spiro atoms. The van der Waals surface area contributed by atoms with Gasteiger partial charge in [-0.15, -0.1) is 0 Å². The van der Waals surface area contributed by atoms with Gasteiger partial charge in [0.1, 0.15) is 0 Å². The average molecular weight is 328 g/mol. The molecule has 3 aromatic heterocycles. The summed E-state index contributed by atoms with van der Waals surface area (Å²) in [6, 6.07) is 4.54. The number of aromatic nitrogens is 4. The first-order valence-electron chi connectivity index (χ1n) is 7.79. The maximum Gasteiger partial charge on any atom is 0.225 e. The second-order valence-electron chi connectivity index (χ2n) is 6.14. The predicted octanol–water partition coefficient (Wildman–Crippen LogP) is 3.31. The Bertz CT molecular complexity index is 855. The van der Waals surface area contributed by atoms with E-state index in [2.05, 4.69) is 32.0 Å². The molecule has 0 fully saturated rings. The molecule has 6 heteroatoms. The third-order valence-electron chi connectivity index (χ3n) is 4.61. The Morgan fingerprint density at radius 2 is 2.04 bits per heavy atom. The number of anilines is 1. The van der Waals surface area contributed by atoms with Crippen molar-refractivity contribution in [3.8, 4) is 0 Å². The topological polar surface area (TPSA) is 57.7 Å². The molecule has 0 aliphatic heterocycles. The van der Waals surface area contributed by atoms with Gasteiger partial charge < -0.3 is 9.88 Å². The van der Waals surface area contributed by atoms with Crippen molar-refractivity contribution in [1.82, 2.24) is 19.9 Å². The number of aryl methyl sites for hydroxylation is 2. The maximum absolute atomic E-state index is 5.88. The van der Waals surface area contributed by atoms with Crippen molar-refractivity contribution in [2.75, 3.05) is 11.9 Å². The van der Waals surface area contributed by atoms with Gasteiger partial charge in [0, 0.05) is 30.0 Å². The van der Waals surface area contributed by atoms with E-state index < -0.39 is 0 Å². The fourth-order valence-corrected chi connectivity index (χ4v) is 3.43. The van der Waals surface area contributed by atoms with Crippen LogP contribution in [0, 0.1) is 6.92 Å². The van der Waals surface area contributed by atoms with Crippen molar-refractivity contribution in [3.63, 3.8) is 0 Å². The molecular weight excluding hydrogens is 310 g/mol. The van der Waals surface area contributed by atoms with E-state index in [0.717, 1.165) is 36.0 Å². The summed E-state index contributed by atoms with van der Waals surface area (Å²) >= 11 is 5.88. The highest BCUT2D eigenvalue weighted by molar-refractivity contribution is 6.30. The summed E-state index contributed by atoms with van der Waals surface area (Å²) in [6.07, 6.45) is 6.33. The Morgan fingerprint density at radius 1 is 1.26 bits per heavy atom. The van der Waals surface area contributed by atoms with Crippen molar-refractivity contribution < 1.29 is 0 Å². The van der Waals surface area contributed by atoms with Gasteiger partial charge in [-0.1, -0.05) is 11.6 Å². The van der Waals surface area contributed by atoms with E-state index in [9.17, 15) is 0 Å². The smallest absolute Gasteiger partial charge is 0.225 e. The second-order valence-corrected chi connectivity index (χ2v) is 6.58. The molecule has 3 heterocycles. The first kappa shape index (κ1) is 14.5. The molecule has 0 saturated carbocycles. The van der Waals surface area contributed by atoms with Crippen molar-refractivity contribution in [2.45, 2.75) is 32.2 Å². The number of hydrogen-bond acceptors (Lipinski definition) is 4. The number of rotatable bonds is 2. The van der Waals surface area contributed by atoms with Crippen LogP contribution in [-0.2, 0) is 12.8 Å². The SMILES string of the molecule is Cc1ccc2[nH]c3c(c2n1)CC(N(C)c1ncc(Cl)cn1)CC3. The molecule has 1 aliphatic carbocycles. The second kappa shape index (κ2) is 5.49. The molecule has 1 unspecified atom stereocenters. The summed E-state index contributed by atoms with van der Waals surface area (Å²) in [4.78, 5) is 19.1. The number of nitrogens with zero attached hydrogens (tertiary/aromatic N) is 4. The minimum Gasteiger partial charge on any atom is -0.357 e. The van der Waals surface area contributed by atoms with Crippen molar-refractivity contribution in [3.05, 3.63) is 46.5 Å². The van der Waals surface area contributed by atoms with Crippen LogP contribution in [0.15, 0.2) is 24.5 Å². The number of halogens is 1. The summed E-state index contributed by atoms with van der Waals surface area (Å²) in [5, 5.41) is 0.560. The van der Waals surface area contributed by atoms with E-state index in [4.69, 9.17) is 16.6 Å². The Labute approximate surface area is 139 Å². The standard InChI is InChI=1S/C17H18ClN5/c1-10-3-5-15-16(21-10)13-7-12(4-6-14(13)22-15)23(2)17-19-8-11(18)9-20-17/h3,5,8-9,12,22H,4,6-7H2,1-2H3. The Balaban J connectivity index is 1.66. The number of aromatic amines is 1. The van der Waals surface area contributed by atoms with E-state index >= 15 is 0 Å². The minimum atomic E-state index is 0.366. The molecule has 3 aromatic rings. The summed E-state index contributed by atoms with van der Waals surface area (Å²) in [6.45, 7) is 2.03. The van der Waals surface area contributed by atoms with Crippen molar-refractivity contribution in [1.29, 1.82) is 0 Å². The van der Waals surface area contributed by atoms with Gasteiger partial charge in [-0.25, -0.2) is 9.97 Å². The summed E-state index contributed by atoms with van der Waals surface area (Å²) < 4.78 is 0. The van der Waals surface area contributed by atoms with Gasteiger partial charge >= 0.3 is 0 Å². The Kier molecular flexibility index (Phi) is 3.45. The summed E-state index contributed by atoms with van der Waals surface area (Å²) in [7, 11) is 2.05. The van der Waals surface area contributed by atoms with Gasteiger partial charge in [0.25, 0.3) is 0 Å². The molecule has 23 heavy (non-hydrogen) atoms. The van der Waals surface area contributed by atoms with Crippen LogP contribution >= 0.6 is 11.6 Å². The van der Waals surface area contributed by atoms with Gasteiger partial charge in [-0.2, -0.15) is 0 Å². The number of H-pyrrole nitrogens is 1. The highest BCUT2D eigenvalue weighted by Crippen LogP contribution is 2.30. The molecule has 0 bridgehead atoms. The van der Waals surface area contributed by atoms with Crippen LogP contribution in [0.3, 0.4) is 0 Å². The first-order valence-corrected chi connectivity index (χ1v) is 8.17. The molecule has 5 nitrogen and oxygen atoms in total. The minimum absolute atomic E-state index is 0.366. The molecule has 1 aliphatic rings. The number of hydrogen-bond donors (Lipinski definition) is 1. The molecule has 0 saturated heterocycles.